The molecule has 3 rings (SSSR count). The van der Waals surface area contributed by atoms with Crippen molar-refractivity contribution in [3.8, 4) is 17.2 Å². The first-order valence-corrected chi connectivity index (χ1v) is 12.3. The fourth-order valence-electron chi connectivity index (χ4n) is 3.85. The lowest BCUT2D eigenvalue weighted by atomic mass is 9.98. The lowest BCUT2D eigenvalue weighted by Gasteiger charge is -2.09. The molecular weight excluding hydrogens is 457 g/mol. The Morgan fingerprint density at radius 2 is 1.76 bits per heavy atom. The number of nitrogens with zero attached hydrogens (tertiary/aromatic N) is 2. The van der Waals surface area contributed by atoms with Gasteiger partial charge in [0.25, 0.3) is 0 Å². The quantitative estimate of drug-likeness (QED) is 0.464. The van der Waals surface area contributed by atoms with E-state index in [1.807, 2.05) is 31.2 Å². The van der Waals surface area contributed by atoms with Crippen LogP contribution in [0.4, 0.5) is 4.39 Å². The van der Waals surface area contributed by atoms with Gasteiger partial charge in [0.05, 0.1) is 17.1 Å². The number of nitriles is 1. The second kappa shape index (κ2) is 10.6. The predicted octanol–water partition coefficient (Wildman–Crippen LogP) is 3.96. The highest BCUT2D eigenvalue weighted by atomic mass is 32.2. The number of sulfonamides is 1. The van der Waals surface area contributed by atoms with E-state index in [9.17, 15) is 22.9 Å². The summed E-state index contributed by atoms with van der Waals surface area (Å²) in [5.74, 6) is -0.996. The van der Waals surface area contributed by atoms with Crippen LogP contribution < -0.4 is 4.72 Å². The van der Waals surface area contributed by atoms with Gasteiger partial charge in [-0.1, -0.05) is 31.2 Å². The zero-order chi connectivity index (χ0) is 24.9. The van der Waals surface area contributed by atoms with Crippen molar-refractivity contribution in [2.24, 2.45) is 7.05 Å². The summed E-state index contributed by atoms with van der Waals surface area (Å²) in [5, 5.41) is 9.80. The Hall–Kier alpha value is -3.48. The SMILES string of the molecule is CCOC(=O)c1c(-c2ccc(CCNS(=O)(=O)c3ccc(F)cc3)cc2)c(C#N)c(CC)n1C. The molecule has 0 amide bonds. The highest BCUT2D eigenvalue weighted by Gasteiger charge is 2.26. The highest BCUT2D eigenvalue weighted by Crippen LogP contribution is 2.33. The van der Waals surface area contributed by atoms with Gasteiger partial charge < -0.3 is 9.30 Å². The summed E-state index contributed by atoms with van der Waals surface area (Å²) < 4.78 is 47.2. The minimum atomic E-state index is -3.74. The number of hydrogen-bond donors (Lipinski definition) is 1. The Morgan fingerprint density at radius 3 is 2.32 bits per heavy atom. The van der Waals surface area contributed by atoms with Crippen molar-refractivity contribution in [1.29, 1.82) is 5.26 Å². The summed E-state index contributed by atoms with van der Waals surface area (Å²) in [6.45, 7) is 4.03. The van der Waals surface area contributed by atoms with Gasteiger partial charge in [-0.25, -0.2) is 22.3 Å². The van der Waals surface area contributed by atoms with Crippen LogP contribution >= 0.6 is 0 Å². The molecular formula is C25H26FN3O4S. The lowest BCUT2D eigenvalue weighted by molar-refractivity contribution is 0.0516. The largest absolute Gasteiger partial charge is 0.461 e. The number of ether oxygens (including phenoxy) is 1. The van der Waals surface area contributed by atoms with Crippen LogP contribution in [-0.4, -0.2) is 32.1 Å². The van der Waals surface area contributed by atoms with Gasteiger partial charge in [0.2, 0.25) is 10.0 Å². The standard InChI is InChI=1S/C25H26FN3O4S/c1-4-22-21(16-27)23(24(29(22)3)25(30)33-5-2)18-8-6-17(7-9-18)14-15-28-34(31,32)20-12-10-19(26)11-13-20/h6-13,28H,4-5,14-15H2,1-3H3. The van der Waals surface area contributed by atoms with Crippen molar-refractivity contribution in [2.45, 2.75) is 31.6 Å². The number of carbonyl (C=O) groups excluding carboxylic acids is 1. The monoisotopic (exact) mass is 483 g/mol. The molecule has 0 saturated heterocycles. The van der Waals surface area contributed by atoms with Gasteiger partial charge in [0, 0.05) is 24.8 Å². The van der Waals surface area contributed by atoms with Gasteiger partial charge in [-0.3, -0.25) is 0 Å². The Balaban J connectivity index is 1.81. The topological polar surface area (TPSA) is 101 Å². The molecule has 0 fully saturated rings. The molecule has 1 N–H and O–H groups in total. The Kier molecular flexibility index (Phi) is 7.87. The van der Waals surface area contributed by atoms with Crippen molar-refractivity contribution in [3.05, 3.63) is 76.9 Å². The van der Waals surface area contributed by atoms with Gasteiger partial charge in [-0.2, -0.15) is 5.26 Å². The molecule has 0 atom stereocenters. The summed E-state index contributed by atoms with van der Waals surface area (Å²) in [6, 6.07) is 14.1. The number of carbonyl (C=O) groups is 1. The third kappa shape index (κ3) is 5.19. The van der Waals surface area contributed by atoms with Crippen LogP contribution in [0, 0.1) is 17.1 Å². The van der Waals surface area contributed by atoms with Crippen molar-refractivity contribution < 1.29 is 22.3 Å². The second-order valence-corrected chi connectivity index (χ2v) is 9.36. The van der Waals surface area contributed by atoms with Gasteiger partial charge in [-0.15, -0.1) is 0 Å². The number of esters is 1. The zero-order valence-corrected chi connectivity index (χ0v) is 20.1. The average Bonchev–Trinajstić information content (AvgIpc) is 3.11. The van der Waals surface area contributed by atoms with E-state index in [4.69, 9.17) is 4.74 Å². The van der Waals surface area contributed by atoms with E-state index in [1.165, 1.54) is 12.1 Å². The maximum absolute atomic E-state index is 13.0. The van der Waals surface area contributed by atoms with Gasteiger partial charge in [0.1, 0.15) is 17.6 Å². The molecule has 0 radical (unpaired) electrons. The van der Waals surface area contributed by atoms with E-state index in [2.05, 4.69) is 10.8 Å². The Bertz CT molecular complexity index is 1320. The van der Waals surface area contributed by atoms with Crippen LogP contribution in [0.15, 0.2) is 53.4 Å². The molecule has 0 spiro atoms. The van der Waals surface area contributed by atoms with Crippen LogP contribution in [0.5, 0.6) is 0 Å². The van der Waals surface area contributed by atoms with Gasteiger partial charge in [-0.05, 0) is 55.2 Å². The van der Waals surface area contributed by atoms with Gasteiger partial charge >= 0.3 is 5.97 Å². The molecule has 178 valence electrons. The maximum atomic E-state index is 13.0. The predicted molar refractivity (Wildman–Crippen MR) is 126 cm³/mol. The lowest BCUT2D eigenvalue weighted by Crippen LogP contribution is -2.26. The minimum Gasteiger partial charge on any atom is -0.461 e. The summed E-state index contributed by atoms with van der Waals surface area (Å²) >= 11 is 0. The molecule has 7 nitrogen and oxygen atoms in total. The zero-order valence-electron chi connectivity index (χ0n) is 19.3. The first kappa shape index (κ1) is 25.1. The average molecular weight is 484 g/mol. The van der Waals surface area contributed by atoms with E-state index in [0.717, 1.165) is 23.4 Å². The van der Waals surface area contributed by atoms with E-state index in [-0.39, 0.29) is 18.0 Å². The molecule has 0 aliphatic carbocycles. The smallest absolute Gasteiger partial charge is 0.355 e. The van der Waals surface area contributed by atoms with Crippen molar-refractivity contribution in [3.63, 3.8) is 0 Å². The van der Waals surface area contributed by atoms with Gasteiger partial charge in [0.15, 0.2) is 0 Å². The molecule has 0 bridgehead atoms. The summed E-state index contributed by atoms with van der Waals surface area (Å²) in [5.41, 5.74) is 3.62. The molecule has 3 aromatic rings. The Morgan fingerprint density at radius 1 is 1.12 bits per heavy atom. The first-order valence-electron chi connectivity index (χ1n) is 10.9. The molecule has 2 aromatic carbocycles. The Labute approximate surface area is 198 Å². The number of hydrogen-bond acceptors (Lipinski definition) is 5. The molecule has 1 heterocycles. The van der Waals surface area contributed by atoms with Crippen molar-refractivity contribution >= 4 is 16.0 Å². The van der Waals surface area contributed by atoms with Crippen molar-refractivity contribution in [1.82, 2.24) is 9.29 Å². The van der Waals surface area contributed by atoms with Crippen LogP contribution in [-0.2, 0) is 34.6 Å². The summed E-state index contributed by atoms with van der Waals surface area (Å²) in [4.78, 5) is 12.7. The molecule has 0 unspecified atom stereocenters. The molecule has 0 aliphatic rings. The number of aromatic nitrogens is 1. The third-order valence-corrected chi connectivity index (χ3v) is 6.98. The minimum absolute atomic E-state index is 0.00409. The highest BCUT2D eigenvalue weighted by molar-refractivity contribution is 7.89. The summed E-state index contributed by atoms with van der Waals surface area (Å²) in [6.07, 6.45) is 1.00. The number of halogens is 1. The fraction of sp³-hybridized carbons (Fsp3) is 0.280. The normalized spacial score (nSPS) is 11.3. The van der Waals surface area contributed by atoms with E-state index < -0.39 is 21.8 Å². The van der Waals surface area contributed by atoms with Crippen LogP contribution in [0.1, 0.15) is 41.2 Å². The molecule has 34 heavy (non-hydrogen) atoms. The fourth-order valence-corrected chi connectivity index (χ4v) is 4.88. The molecule has 0 saturated carbocycles. The number of benzene rings is 2. The van der Waals surface area contributed by atoms with E-state index >= 15 is 0 Å². The van der Waals surface area contributed by atoms with Crippen LogP contribution in [0.2, 0.25) is 0 Å². The van der Waals surface area contributed by atoms with Crippen LogP contribution in [0.25, 0.3) is 11.1 Å². The molecule has 9 heteroatoms. The molecule has 0 aliphatic heterocycles. The van der Waals surface area contributed by atoms with E-state index in [1.54, 1.807) is 18.5 Å². The third-order valence-electron chi connectivity index (χ3n) is 5.50. The number of nitrogens with one attached hydrogen (secondary N) is 1. The van der Waals surface area contributed by atoms with E-state index in [0.29, 0.717) is 35.2 Å². The maximum Gasteiger partial charge on any atom is 0.355 e. The summed E-state index contributed by atoms with van der Waals surface area (Å²) in [7, 11) is -1.99. The second-order valence-electron chi connectivity index (χ2n) is 7.59. The first-order chi connectivity index (χ1) is 16.2. The van der Waals surface area contributed by atoms with Crippen LogP contribution in [0.3, 0.4) is 0 Å². The number of rotatable bonds is 9. The molecule has 1 aromatic heterocycles. The van der Waals surface area contributed by atoms with Crippen molar-refractivity contribution in [2.75, 3.05) is 13.2 Å².